The van der Waals surface area contributed by atoms with Gasteiger partial charge in [-0.25, -0.2) is 9.78 Å². The molecule has 2 amide bonds. The van der Waals surface area contributed by atoms with Crippen LogP contribution in [0.5, 0.6) is 5.88 Å². The van der Waals surface area contributed by atoms with E-state index in [0.717, 1.165) is 5.69 Å². The summed E-state index contributed by atoms with van der Waals surface area (Å²) in [5.74, 6) is 0.477. The summed E-state index contributed by atoms with van der Waals surface area (Å²) in [5, 5.41) is 2.65. The van der Waals surface area contributed by atoms with E-state index in [-0.39, 0.29) is 0 Å². The van der Waals surface area contributed by atoms with Gasteiger partial charge in [0.15, 0.2) is 0 Å². The second kappa shape index (κ2) is 8.48. The standard InChI is InChI=1S/C15H18N4O3/c1-21-9-10-22-14-8-7-13(11-16-14)17-15(20)19-18-12-5-3-2-4-6-12/h2-8,11,18H,9-10H2,1H3,(H2,17,19,20). The fourth-order valence-corrected chi connectivity index (χ4v) is 1.58. The summed E-state index contributed by atoms with van der Waals surface area (Å²) in [7, 11) is 1.60. The summed E-state index contributed by atoms with van der Waals surface area (Å²) >= 11 is 0. The van der Waals surface area contributed by atoms with Gasteiger partial charge in [0, 0.05) is 13.2 Å². The Morgan fingerprint density at radius 2 is 1.91 bits per heavy atom. The third kappa shape index (κ3) is 5.29. The molecule has 1 heterocycles. The van der Waals surface area contributed by atoms with Gasteiger partial charge >= 0.3 is 6.03 Å². The number of benzene rings is 1. The van der Waals surface area contributed by atoms with Gasteiger partial charge < -0.3 is 14.8 Å². The molecular weight excluding hydrogens is 284 g/mol. The number of nitrogens with zero attached hydrogens (tertiary/aromatic N) is 1. The number of ether oxygens (including phenoxy) is 2. The Morgan fingerprint density at radius 3 is 2.59 bits per heavy atom. The van der Waals surface area contributed by atoms with Crippen LogP contribution in [0.25, 0.3) is 0 Å². The highest BCUT2D eigenvalue weighted by Gasteiger charge is 2.02. The minimum Gasteiger partial charge on any atom is -0.475 e. The number of hydrogen-bond acceptors (Lipinski definition) is 5. The van der Waals surface area contributed by atoms with Gasteiger partial charge in [0.2, 0.25) is 5.88 Å². The molecule has 2 rings (SSSR count). The van der Waals surface area contributed by atoms with Crippen LogP contribution in [-0.4, -0.2) is 31.3 Å². The van der Waals surface area contributed by atoms with Crippen LogP contribution in [-0.2, 0) is 4.74 Å². The third-order valence-electron chi connectivity index (χ3n) is 2.63. The number of pyridine rings is 1. The number of anilines is 2. The Balaban J connectivity index is 1.76. The highest BCUT2D eigenvalue weighted by molar-refractivity contribution is 5.89. The summed E-state index contributed by atoms with van der Waals surface area (Å²) in [4.78, 5) is 15.8. The van der Waals surface area contributed by atoms with Gasteiger partial charge in [0.1, 0.15) is 6.61 Å². The smallest absolute Gasteiger partial charge is 0.337 e. The number of carbonyl (C=O) groups excluding carboxylic acids is 1. The normalized spacial score (nSPS) is 9.86. The molecule has 2 aromatic rings. The average molecular weight is 302 g/mol. The van der Waals surface area contributed by atoms with Crippen molar-refractivity contribution in [1.82, 2.24) is 10.4 Å². The first-order valence-electron chi connectivity index (χ1n) is 6.74. The number of hydrazine groups is 1. The lowest BCUT2D eigenvalue weighted by Gasteiger charge is -2.10. The van der Waals surface area contributed by atoms with Gasteiger partial charge in [-0.05, 0) is 18.2 Å². The van der Waals surface area contributed by atoms with E-state index in [1.807, 2.05) is 30.3 Å². The van der Waals surface area contributed by atoms with Crippen LogP contribution in [0.2, 0.25) is 0 Å². The minimum absolute atomic E-state index is 0.390. The number of hydrogen-bond donors (Lipinski definition) is 3. The molecule has 3 N–H and O–H groups in total. The first-order chi connectivity index (χ1) is 10.8. The van der Waals surface area contributed by atoms with Crippen molar-refractivity contribution in [3.05, 3.63) is 48.7 Å². The van der Waals surface area contributed by atoms with E-state index in [4.69, 9.17) is 9.47 Å². The lowest BCUT2D eigenvalue weighted by molar-refractivity contribution is 0.144. The van der Waals surface area contributed by atoms with Crippen molar-refractivity contribution in [2.24, 2.45) is 0 Å². The predicted molar refractivity (Wildman–Crippen MR) is 83.8 cm³/mol. The molecular formula is C15H18N4O3. The van der Waals surface area contributed by atoms with Gasteiger partial charge in [-0.3, -0.25) is 10.9 Å². The molecule has 7 nitrogen and oxygen atoms in total. The van der Waals surface area contributed by atoms with Gasteiger partial charge in [0.25, 0.3) is 0 Å². The van der Waals surface area contributed by atoms with Crippen molar-refractivity contribution < 1.29 is 14.3 Å². The first-order valence-corrected chi connectivity index (χ1v) is 6.74. The Morgan fingerprint density at radius 1 is 1.09 bits per heavy atom. The number of urea groups is 1. The maximum Gasteiger partial charge on any atom is 0.337 e. The van der Waals surface area contributed by atoms with E-state index in [0.29, 0.717) is 24.8 Å². The largest absolute Gasteiger partial charge is 0.475 e. The molecule has 0 atom stereocenters. The molecule has 0 fully saturated rings. The fraction of sp³-hybridized carbons (Fsp3) is 0.200. The van der Waals surface area contributed by atoms with Crippen LogP contribution >= 0.6 is 0 Å². The van der Waals surface area contributed by atoms with Crippen molar-refractivity contribution in [1.29, 1.82) is 0 Å². The van der Waals surface area contributed by atoms with Crippen LogP contribution in [0.3, 0.4) is 0 Å². The third-order valence-corrected chi connectivity index (χ3v) is 2.63. The Kier molecular flexibility index (Phi) is 6.01. The summed E-state index contributed by atoms with van der Waals surface area (Å²) in [5.41, 5.74) is 6.67. The SMILES string of the molecule is COCCOc1ccc(NC(=O)NNc2ccccc2)cn1. The van der Waals surface area contributed by atoms with Gasteiger partial charge in [-0.1, -0.05) is 18.2 Å². The van der Waals surface area contributed by atoms with Gasteiger partial charge in [-0.2, -0.15) is 0 Å². The van der Waals surface area contributed by atoms with Gasteiger partial charge in [-0.15, -0.1) is 0 Å². The molecule has 1 aromatic carbocycles. The molecule has 0 bridgehead atoms. The van der Waals surface area contributed by atoms with Crippen molar-refractivity contribution >= 4 is 17.4 Å². The number of carbonyl (C=O) groups is 1. The monoisotopic (exact) mass is 302 g/mol. The van der Waals surface area contributed by atoms with E-state index in [9.17, 15) is 4.79 Å². The first kappa shape index (κ1) is 15.6. The molecule has 0 spiro atoms. The van der Waals surface area contributed by atoms with Crippen molar-refractivity contribution in [3.63, 3.8) is 0 Å². The predicted octanol–water partition coefficient (Wildman–Crippen LogP) is 2.26. The molecule has 0 saturated carbocycles. The molecule has 0 aliphatic carbocycles. The Bertz CT molecular complexity index is 575. The quantitative estimate of drug-likeness (QED) is 0.539. The lowest BCUT2D eigenvalue weighted by atomic mass is 10.3. The number of nitrogens with one attached hydrogen (secondary N) is 3. The second-order valence-corrected chi connectivity index (χ2v) is 4.30. The summed E-state index contributed by atoms with van der Waals surface area (Å²) in [6, 6.07) is 12.3. The summed E-state index contributed by atoms with van der Waals surface area (Å²) < 4.78 is 10.2. The van der Waals surface area contributed by atoms with Crippen molar-refractivity contribution in [3.8, 4) is 5.88 Å². The summed E-state index contributed by atoms with van der Waals surface area (Å²) in [6.07, 6.45) is 1.52. The van der Waals surface area contributed by atoms with E-state index in [1.54, 1.807) is 19.2 Å². The topological polar surface area (TPSA) is 84.5 Å². The summed E-state index contributed by atoms with van der Waals surface area (Å²) in [6.45, 7) is 0.924. The number of para-hydroxylation sites is 1. The van der Waals surface area contributed by atoms with Crippen LogP contribution < -0.4 is 20.9 Å². The van der Waals surface area contributed by atoms with Crippen molar-refractivity contribution in [2.45, 2.75) is 0 Å². The molecule has 0 aliphatic rings. The molecule has 7 heteroatoms. The molecule has 116 valence electrons. The highest BCUT2D eigenvalue weighted by atomic mass is 16.5. The molecule has 0 unspecified atom stereocenters. The second-order valence-electron chi connectivity index (χ2n) is 4.30. The highest BCUT2D eigenvalue weighted by Crippen LogP contribution is 2.11. The van der Waals surface area contributed by atoms with Crippen LogP contribution in [0.1, 0.15) is 0 Å². The van der Waals surface area contributed by atoms with Gasteiger partial charge in [0.05, 0.1) is 24.2 Å². The van der Waals surface area contributed by atoms with Crippen LogP contribution in [0.4, 0.5) is 16.2 Å². The average Bonchev–Trinajstić information content (AvgIpc) is 2.56. The van der Waals surface area contributed by atoms with E-state index >= 15 is 0 Å². The van der Waals surface area contributed by atoms with Crippen molar-refractivity contribution in [2.75, 3.05) is 31.1 Å². The number of aromatic nitrogens is 1. The lowest BCUT2D eigenvalue weighted by Crippen LogP contribution is -2.33. The van der Waals surface area contributed by atoms with Crippen LogP contribution in [0.15, 0.2) is 48.7 Å². The van der Waals surface area contributed by atoms with Crippen LogP contribution in [0, 0.1) is 0 Å². The molecule has 0 saturated heterocycles. The van der Waals surface area contributed by atoms with E-state index in [1.165, 1.54) is 6.20 Å². The zero-order valence-electron chi connectivity index (χ0n) is 12.2. The molecule has 0 radical (unpaired) electrons. The minimum atomic E-state index is -0.390. The van der Waals surface area contributed by atoms with E-state index < -0.39 is 6.03 Å². The Labute approximate surface area is 128 Å². The molecule has 1 aromatic heterocycles. The zero-order chi connectivity index (χ0) is 15.6. The fourth-order valence-electron chi connectivity index (χ4n) is 1.58. The maximum atomic E-state index is 11.7. The number of methoxy groups -OCH3 is 1. The molecule has 0 aliphatic heterocycles. The molecule has 22 heavy (non-hydrogen) atoms. The zero-order valence-corrected chi connectivity index (χ0v) is 12.2. The number of amides is 2. The number of rotatable bonds is 7. The maximum absolute atomic E-state index is 11.7. The Hall–Kier alpha value is -2.80. The van der Waals surface area contributed by atoms with E-state index in [2.05, 4.69) is 21.2 Å².